The Kier molecular flexibility index (Phi) is 7.40. The molecule has 5 rings (SSSR count). The first-order valence-corrected chi connectivity index (χ1v) is 13.3. The lowest BCUT2D eigenvalue weighted by Crippen LogP contribution is -2.39. The molecule has 1 aliphatic heterocycles. The predicted octanol–water partition coefficient (Wildman–Crippen LogP) is 7.63. The largest absolute Gasteiger partial charge is 0.487 e. The number of ether oxygens (including phenoxy) is 1. The van der Waals surface area contributed by atoms with Gasteiger partial charge in [-0.3, -0.25) is 9.69 Å². The summed E-state index contributed by atoms with van der Waals surface area (Å²) >= 11 is 12.4. The van der Waals surface area contributed by atoms with E-state index in [0.717, 1.165) is 28.0 Å². The highest BCUT2D eigenvalue weighted by Crippen LogP contribution is 2.47. The fourth-order valence-corrected chi connectivity index (χ4v) is 5.84. The molecule has 5 nitrogen and oxygen atoms in total. The predicted molar refractivity (Wildman–Crippen MR) is 151 cm³/mol. The fourth-order valence-electron chi connectivity index (χ4n) is 5.44. The second-order valence-corrected chi connectivity index (χ2v) is 10.6. The Hall–Kier alpha value is -3.79. The molecule has 0 saturated heterocycles. The van der Waals surface area contributed by atoms with E-state index in [4.69, 9.17) is 33.7 Å². The topological polar surface area (TPSA) is 79.4 Å². The number of halogens is 3. The molecule has 1 atom stereocenters. The Bertz CT molecular complexity index is 1610. The van der Waals surface area contributed by atoms with E-state index in [9.17, 15) is 14.4 Å². The highest BCUT2D eigenvalue weighted by molar-refractivity contribution is 6.32. The molecule has 0 aromatic heterocycles. The van der Waals surface area contributed by atoms with Crippen LogP contribution in [0.25, 0.3) is 0 Å². The van der Waals surface area contributed by atoms with Crippen molar-refractivity contribution in [2.24, 2.45) is 5.73 Å². The first-order valence-electron chi connectivity index (χ1n) is 12.6. The van der Waals surface area contributed by atoms with Crippen LogP contribution in [0.2, 0.25) is 10.0 Å². The van der Waals surface area contributed by atoms with Crippen LogP contribution in [0.15, 0.2) is 77.3 Å². The van der Waals surface area contributed by atoms with Crippen molar-refractivity contribution in [3.05, 3.63) is 115 Å². The van der Waals surface area contributed by atoms with Gasteiger partial charge >= 0.3 is 0 Å². The number of carbonyl (C=O) groups is 1. The number of ketones is 1. The summed E-state index contributed by atoms with van der Waals surface area (Å²) in [7, 11) is 0. The summed E-state index contributed by atoms with van der Waals surface area (Å²) in [5.74, 6) is -0.399. The number of rotatable bonds is 5. The molecular formula is C31H26Cl2FN3O2. The molecule has 2 N–H and O–H groups in total. The van der Waals surface area contributed by atoms with Crippen LogP contribution in [0.1, 0.15) is 47.4 Å². The molecular weight excluding hydrogens is 536 g/mol. The van der Waals surface area contributed by atoms with Gasteiger partial charge in [-0.05, 0) is 85.3 Å². The SMILES string of the molecule is Cc1cc(C)c(C2C(C#N)=C(N)N(c3cccc(Cl)c3)C3=C2C(=O)CCC3)cc1COc1ccc(F)cc1Cl. The Morgan fingerprint density at radius 2 is 1.90 bits per heavy atom. The van der Waals surface area contributed by atoms with E-state index < -0.39 is 11.7 Å². The van der Waals surface area contributed by atoms with Gasteiger partial charge in [0.05, 0.1) is 22.6 Å². The first-order chi connectivity index (χ1) is 18.7. The highest BCUT2D eigenvalue weighted by atomic mass is 35.5. The quantitative estimate of drug-likeness (QED) is 0.346. The molecule has 3 aromatic carbocycles. The maximum atomic E-state index is 13.5. The van der Waals surface area contributed by atoms with E-state index in [1.807, 2.05) is 38.1 Å². The van der Waals surface area contributed by atoms with E-state index in [-0.39, 0.29) is 23.2 Å². The number of hydrogen-bond donors (Lipinski definition) is 1. The third kappa shape index (κ3) is 5.01. The molecule has 8 heteroatoms. The molecule has 3 aromatic rings. The molecule has 198 valence electrons. The zero-order chi connectivity index (χ0) is 27.8. The monoisotopic (exact) mass is 561 g/mol. The molecule has 1 aliphatic carbocycles. The Balaban J connectivity index is 1.62. The molecule has 39 heavy (non-hydrogen) atoms. The zero-order valence-corrected chi connectivity index (χ0v) is 23.0. The van der Waals surface area contributed by atoms with E-state index in [2.05, 4.69) is 6.07 Å². The molecule has 0 fully saturated rings. The summed E-state index contributed by atoms with van der Waals surface area (Å²) in [6.07, 6.45) is 1.75. The summed E-state index contributed by atoms with van der Waals surface area (Å²) in [6.45, 7) is 4.11. The normalized spacial score (nSPS) is 17.3. The number of nitrogens with zero attached hydrogens (tertiary/aromatic N) is 2. The van der Waals surface area contributed by atoms with E-state index in [0.29, 0.717) is 46.9 Å². The third-order valence-corrected chi connectivity index (χ3v) is 7.82. The van der Waals surface area contributed by atoms with E-state index in [1.54, 1.807) is 17.0 Å². The molecule has 0 bridgehead atoms. The van der Waals surface area contributed by atoms with Crippen LogP contribution in [0, 0.1) is 31.0 Å². The average Bonchev–Trinajstić information content (AvgIpc) is 2.89. The molecule has 0 saturated carbocycles. The van der Waals surface area contributed by atoms with Crippen molar-refractivity contribution in [3.8, 4) is 11.8 Å². The van der Waals surface area contributed by atoms with Gasteiger partial charge in [-0.1, -0.05) is 41.4 Å². The van der Waals surface area contributed by atoms with Gasteiger partial charge < -0.3 is 10.5 Å². The number of carbonyl (C=O) groups excluding carboxylic acids is 1. The molecule has 0 spiro atoms. The number of anilines is 1. The van der Waals surface area contributed by atoms with Gasteiger partial charge in [-0.2, -0.15) is 5.26 Å². The Morgan fingerprint density at radius 3 is 2.62 bits per heavy atom. The summed E-state index contributed by atoms with van der Waals surface area (Å²) in [4.78, 5) is 15.3. The van der Waals surface area contributed by atoms with Crippen LogP contribution >= 0.6 is 23.2 Å². The number of benzene rings is 3. The average molecular weight is 562 g/mol. The third-order valence-electron chi connectivity index (χ3n) is 7.29. The van der Waals surface area contributed by atoms with Crippen LogP contribution in [0.4, 0.5) is 10.1 Å². The van der Waals surface area contributed by atoms with E-state index in [1.165, 1.54) is 18.2 Å². The van der Waals surface area contributed by atoms with Gasteiger partial charge in [0, 0.05) is 28.4 Å². The molecule has 2 aliphatic rings. The van der Waals surface area contributed by atoms with Crippen molar-refractivity contribution in [3.63, 3.8) is 0 Å². The molecule has 1 unspecified atom stereocenters. The summed E-state index contributed by atoms with van der Waals surface area (Å²) in [5.41, 5.74) is 12.7. The zero-order valence-electron chi connectivity index (χ0n) is 21.5. The van der Waals surface area contributed by atoms with Crippen molar-refractivity contribution in [2.75, 3.05) is 4.90 Å². The van der Waals surface area contributed by atoms with Crippen molar-refractivity contribution >= 4 is 34.7 Å². The molecule has 0 amide bonds. The van der Waals surface area contributed by atoms with Gasteiger partial charge in [-0.25, -0.2) is 4.39 Å². The smallest absolute Gasteiger partial charge is 0.161 e. The van der Waals surface area contributed by atoms with E-state index >= 15 is 0 Å². The number of nitrogens with two attached hydrogens (primary N) is 1. The fraction of sp³-hybridized carbons (Fsp3) is 0.226. The number of hydrogen-bond acceptors (Lipinski definition) is 5. The van der Waals surface area contributed by atoms with Crippen molar-refractivity contribution in [2.45, 2.75) is 45.6 Å². The van der Waals surface area contributed by atoms with Crippen LogP contribution in [0.5, 0.6) is 5.75 Å². The minimum Gasteiger partial charge on any atom is -0.487 e. The number of Topliss-reactive ketones (excluding diaryl/α,β-unsaturated/α-hetero) is 1. The van der Waals surface area contributed by atoms with Gasteiger partial charge in [0.1, 0.15) is 24.0 Å². The Labute approximate surface area is 236 Å². The number of allylic oxidation sites excluding steroid dienone is 3. The molecule has 0 radical (unpaired) electrons. The lowest BCUT2D eigenvalue weighted by atomic mass is 9.74. The van der Waals surface area contributed by atoms with Crippen LogP contribution < -0.4 is 15.4 Å². The summed E-state index contributed by atoms with van der Waals surface area (Å²) in [6, 6.07) is 17.5. The van der Waals surface area contributed by atoms with Crippen molar-refractivity contribution in [1.82, 2.24) is 0 Å². The first kappa shape index (κ1) is 26.8. The maximum Gasteiger partial charge on any atom is 0.161 e. The van der Waals surface area contributed by atoms with Crippen LogP contribution in [-0.2, 0) is 11.4 Å². The van der Waals surface area contributed by atoms with Gasteiger partial charge in [0.15, 0.2) is 5.78 Å². The van der Waals surface area contributed by atoms with Crippen LogP contribution in [-0.4, -0.2) is 5.78 Å². The number of nitriles is 1. The lowest BCUT2D eigenvalue weighted by molar-refractivity contribution is -0.116. The highest BCUT2D eigenvalue weighted by Gasteiger charge is 2.41. The number of aryl methyl sites for hydroxylation is 2. The lowest BCUT2D eigenvalue weighted by Gasteiger charge is -2.40. The standard InChI is InChI=1S/C31H26Cl2FN3O2/c1-17-11-18(2)23(12-19(17)16-39-28-10-9-21(34)14-25(28)33)29-24(15-35)31(36)37(22-6-3-5-20(32)13-22)26-7-4-8-27(38)30(26)29/h3,5-6,9-14,29H,4,7-8,16,36H2,1-2H3. The van der Waals surface area contributed by atoms with Gasteiger partial charge in [-0.15, -0.1) is 0 Å². The second kappa shape index (κ2) is 10.8. The van der Waals surface area contributed by atoms with Gasteiger partial charge in [0.25, 0.3) is 0 Å². The van der Waals surface area contributed by atoms with Crippen LogP contribution in [0.3, 0.4) is 0 Å². The minimum atomic E-state index is -0.609. The second-order valence-electron chi connectivity index (χ2n) is 9.79. The Morgan fingerprint density at radius 1 is 1.10 bits per heavy atom. The maximum absolute atomic E-state index is 13.5. The summed E-state index contributed by atoms with van der Waals surface area (Å²) in [5, 5.41) is 11.1. The van der Waals surface area contributed by atoms with Crippen molar-refractivity contribution < 1.29 is 13.9 Å². The summed E-state index contributed by atoms with van der Waals surface area (Å²) < 4.78 is 19.4. The molecule has 1 heterocycles. The van der Waals surface area contributed by atoms with Gasteiger partial charge in [0.2, 0.25) is 0 Å². The van der Waals surface area contributed by atoms with Crippen molar-refractivity contribution in [1.29, 1.82) is 5.26 Å². The minimum absolute atomic E-state index is 0.00407.